The van der Waals surface area contributed by atoms with Crippen LogP contribution >= 0.6 is 0 Å². The summed E-state index contributed by atoms with van der Waals surface area (Å²) >= 11 is 0. The van der Waals surface area contributed by atoms with Gasteiger partial charge >= 0.3 is 5.69 Å². The van der Waals surface area contributed by atoms with Crippen molar-refractivity contribution in [2.45, 2.75) is 20.0 Å². The molecule has 0 aliphatic carbocycles. The van der Waals surface area contributed by atoms with Gasteiger partial charge in [0.2, 0.25) is 5.82 Å². The molecule has 0 spiro atoms. The van der Waals surface area contributed by atoms with Crippen molar-refractivity contribution < 1.29 is 13.7 Å². The Morgan fingerprint density at radius 1 is 1.19 bits per heavy atom. The lowest BCUT2D eigenvalue weighted by atomic mass is 10.1. The zero-order valence-electron chi connectivity index (χ0n) is 11.1. The molecule has 8 heteroatoms. The highest BCUT2D eigenvalue weighted by Crippen LogP contribution is 2.21. The van der Waals surface area contributed by atoms with Crippen molar-refractivity contribution in [1.29, 1.82) is 0 Å². The third-order valence-corrected chi connectivity index (χ3v) is 2.77. The number of nitrogens with one attached hydrogen (secondary N) is 1. The largest absolute Gasteiger partial charge is 0.307 e. The minimum Gasteiger partial charge on any atom is -0.307 e. The molecule has 0 saturated carbocycles. The van der Waals surface area contributed by atoms with Crippen LogP contribution in [0.2, 0.25) is 0 Å². The van der Waals surface area contributed by atoms with Gasteiger partial charge in [-0.25, -0.2) is 4.39 Å². The molecule has 21 heavy (non-hydrogen) atoms. The first-order chi connectivity index (χ1) is 9.97. The molecule has 2 rings (SSSR count). The molecule has 0 atom stereocenters. The molecule has 0 fully saturated rings. The fraction of sp³-hybridized carbons (Fsp3) is 0.231. The highest BCUT2D eigenvalue weighted by atomic mass is 19.1. The summed E-state index contributed by atoms with van der Waals surface area (Å²) in [4.78, 5) is 17.9. The normalized spacial score (nSPS) is 10.6. The van der Waals surface area contributed by atoms with Crippen molar-refractivity contribution in [3.63, 3.8) is 0 Å². The van der Waals surface area contributed by atoms with Crippen LogP contribution in [0.25, 0.3) is 0 Å². The zero-order valence-corrected chi connectivity index (χ0v) is 11.1. The number of aromatic nitrogens is 2. The lowest BCUT2D eigenvalue weighted by molar-refractivity contribution is -0.387. The van der Waals surface area contributed by atoms with E-state index in [0.717, 1.165) is 11.8 Å². The fourth-order valence-corrected chi connectivity index (χ4v) is 1.69. The molecule has 0 radical (unpaired) electrons. The maximum atomic E-state index is 13.5. The molecule has 1 heterocycles. The summed E-state index contributed by atoms with van der Waals surface area (Å²) in [6.45, 7) is 2.14. The summed E-state index contributed by atoms with van der Waals surface area (Å²) in [5.41, 5.74) is 0.697. The van der Waals surface area contributed by atoms with Crippen molar-refractivity contribution >= 4 is 5.69 Å². The smallest absolute Gasteiger partial charge is 0.305 e. The van der Waals surface area contributed by atoms with Crippen molar-refractivity contribution in [2.24, 2.45) is 0 Å². The minimum absolute atomic E-state index is 0.0164. The predicted octanol–water partition coefficient (Wildman–Crippen LogP) is 2.26. The van der Waals surface area contributed by atoms with Crippen molar-refractivity contribution in [2.75, 3.05) is 0 Å². The predicted molar refractivity (Wildman–Crippen MR) is 70.3 cm³/mol. The number of hydrogen-bond donors (Lipinski definition) is 1. The molecule has 0 aliphatic heterocycles. The van der Waals surface area contributed by atoms with Gasteiger partial charge in [0.1, 0.15) is 5.82 Å². The van der Waals surface area contributed by atoms with Crippen LogP contribution in [0, 0.1) is 28.7 Å². The Balaban J connectivity index is 2.04. The monoisotopic (exact) mass is 294 g/mol. The van der Waals surface area contributed by atoms with E-state index in [0.29, 0.717) is 18.3 Å². The van der Waals surface area contributed by atoms with Gasteiger partial charge in [-0.1, -0.05) is 0 Å². The summed E-state index contributed by atoms with van der Waals surface area (Å²) in [6.07, 6.45) is 3.17. The molecule has 110 valence electrons. The van der Waals surface area contributed by atoms with E-state index in [-0.39, 0.29) is 12.1 Å². The number of halogens is 2. The second-order valence-corrected chi connectivity index (χ2v) is 4.40. The van der Waals surface area contributed by atoms with Gasteiger partial charge in [-0.05, 0) is 6.92 Å². The Bertz CT molecular complexity index is 662. The number of benzene rings is 1. The Labute approximate surface area is 119 Å². The van der Waals surface area contributed by atoms with Crippen LogP contribution < -0.4 is 5.32 Å². The SMILES string of the molecule is Cc1cnc(CNCc2cc([N+](=O)[O-])c(F)cc2F)cn1. The topological polar surface area (TPSA) is 81.0 Å². The average molecular weight is 294 g/mol. The Hall–Kier alpha value is -2.48. The second kappa shape index (κ2) is 6.31. The molecule has 2 aromatic rings. The summed E-state index contributed by atoms with van der Waals surface area (Å²) in [5, 5.41) is 13.5. The van der Waals surface area contributed by atoms with Gasteiger partial charge < -0.3 is 5.32 Å². The summed E-state index contributed by atoms with van der Waals surface area (Å²) in [5.74, 6) is -2.02. The maximum Gasteiger partial charge on any atom is 0.305 e. The molecule has 0 aliphatic rings. The number of nitro benzene ring substituents is 1. The number of rotatable bonds is 5. The van der Waals surface area contributed by atoms with Gasteiger partial charge in [0.25, 0.3) is 0 Å². The molecule has 1 aromatic carbocycles. The summed E-state index contributed by atoms with van der Waals surface area (Å²) in [6, 6.07) is 1.40. The van der Waals surface area contributed by atoms with Crippen molar-refractivity contribution in [1.82, 2.24) is 15.3 Å². The van der Waals surface area contributed by atoms with Crippen LogP contribution in [0.1, 0.15) is 17.0 Å². The van der Waals surface area contributed by atoms with Gasteiger partial charge in [0.15, 0.2) is 0 Å². The first kappa shape index (κ1) is 14.9. The molecule has 0 unspecified atom stereocenters. The van der Waals surface area contributed by atoms with Gasteiger partial charge in [0.05, 0.1) is 16.3 Å². The van der Waals surface area contributed by atoms with E-state index >= 15 is 0 Å². The van der Waals surface area contributed by atoms with E-state index in [2.05, 4.69) is 15.3 Å². The molecular weight excluding hydrogens is 282 g/mol. The molecule has 1 aromatic heterocycles. The van der Waals surface area contributed by atoms with E-state index in [1.54, 1.807) is 19.3 Å². The van der Waals surface area contributed by atoms with Crippen LogP contribution in [0.4, 0.5) is 14.5 Å². The molecule has 0 bridgehead atoms. The third-order valence-electron chi connectivity index (χ3n) is 2.77. The molecule has 1 N–H and O–H groups in total. The number of nitro groups is 1. The number of aryl methyl sites for hydroxylation is 1. The van der Waals surface area contributed by atoms with Gasteiger partial charge in [-0.15, -0.1) is 0 Å². The van der Waals surface area contributed by atoms with Crippen LogP contribution in [-0.2, 0) is 13.1 Å². The van der Waals surface area contributed by atoms with E-state index < -0.39 is 22.2 Å². The third kappa shape index (κ3) is 3.76. The molecule has 0 saturated heterocycles. The average Bonchev–Trinajstić information content (AvgIpc) is 2.43. The highest BCUT2D eigenvalue weighted by Gasteiger charge is 2.18. The zero-order chi connectivity index (χ0) is 15.4. The first-order valence-corrected chi connectivity index (χ1v) is 6.08. The molecule has 0 amide bonds. The Kier molecular flexibility index (Phi) is 4.49. The Morgan fingerprint density at radius 3 is 2.57 bits per heavy atom. The quantitative estimate of drug-likeness (QED) is 0.675. The lowest BCUT2D eigenvalue weighted by Crippen LogP contribution is -2.15. The van der Waals surface area contributed by atoms with Crippen LogP contribution in [0.5, 0.6) is 0 Å². The van der Waals surface area contributed by atoms with Gasteiger partial charge in [0, 0.05) is 43.2 Å². The highest BCUT2D eigenvalue weighted by molar-refractivity contribution is 5.37. The Morgan fingerprint density at radius 2 is 1.95 bits per heavy atom. The fourth-order valence-electron chi connectivity index (χ4n) is 1.69. The first-order valence-electron chi connectivity index (χ1n) is 6.08. The van der Waals surface area contributed by atoms with Crippen LogP contribution in [0.3, 0.4) is 0 Å². The van der Waals surface area contributed by atoms with Crippen molar-refractivity contribution in [3.05, 3.63) is 63.2 Å². The number of nitrogens with zero attached hydrogens (tertiary/aromatic N) is 3. The molecular formula is C13H12F2N4O2. The van der Waals surface area contributed by atoms with Crippen molar-refractivity contribution in [3.8, 4) is 0 Å². The lowest BCUT2D eigenvalue weighted by Gasteiger charge is -2.06. The standard InChI is InChI=1S/C13H12F2N4O2/c1-8-4-18-10(7-17-8)6-16-5-9-2-13(19(20)21)12(15)3-11(9)14/h2-4,7,16H,5-6H2,1H3. The molecule has 6 nitrogen and oxygen atoms in total. The maximum absolute atomic E-state index is 13.5. The number of hydrogen-bond acceptors (Lipinski definition) is 5. The van der Waals surface area contributed by atoms with Gasteiger partial charge in [-0.3, -0.25) is 20.1 Å². The second-order valence-electron chi connectivity index (χ2n) is 4.40. The van der Waals surface area contributed by atoms with E-state index in [1.807, 2.05) is 0 Å². The van der Waals surface area contributed by atoms with E-state index in [1.165, 1.54) is 0 Å². The van der Waals surface area contributed by atoms with Gasteiger partial charge in [-0.2, -0.15) is 4.39 Å². The van der Waals surface area contributed by atoms with Crippen LogP contribution in [-0.4, -0.2) is 14.9 Å². The summed E-state index contributed by atoms with van der Waals surface area (Å²) in [7, 11) is 0. The van der Waals surface area contributed by atoms with Crippen LogP contribution in [0.15, 0.2) is 24.5 Å². The summed E-state index contributed by atoms with van der Waals surface area (Å²) < 4.78 is 26.7. The van der Waals surface area contributed by atoms with E-state index in [9.17, 15) is 18.9 Å². The minimum atomic E-state index is -1.19. The van der Waals surface area contributed by atoms with E-state index in [4.69, 9.17) is 0 Å².